The molecule has 1 aromatic carbocycles. The monoisotopic (exact) mass is 253 g/mol. The summed E-state index contributed by atoms with van der Waals surface area (Å²) < 4.78 is 25.7. The highest BCUT2D eigenvalue weighted by Crippen LogP contribution is 2.27. The molecular formula is C11H15N3O2S. The van der Waals surface area contributed by atoms with Gasteiger partial charge in [0.1, 0.15) is 5.84 Å². The standard InChI is InChI=1S/C11H15N3O2S/c12-11(13)9-3-1-8(2-4-9)7-14-17(15,16)10-5-6-10/h1-4,10,14H,5-7H2,(H3,12,13). The molecule has 5 nitrogen and oxygen atoms in total. The zero-order chi connectivity index (χ0) is 12.5. The van der Waals surface area contributed by atoms with Crippen LogP contribution in [0.15, 0.2) is 24.3 Å². The van der Waals surface area contributed by atoms with Crippen LogP contribution in [0, 0.1) is 5.41 Å². The van der Waals surface area contributed by atoms with E-state index < -0.39 is 10.0 Å². The van der Waals surface area contributed by atoms with E-state index in [1.807, 2.05) is 0 Å². The molecule has 0 saturated heterocycles. The van der Waals surface area contributed by atoms with E-state index >= 15 is 0 Å². The van der Waals surface area contributed by atoms with Crippen molar-refractivity contribution in [2.24, 2.45) is 5.73 Å². The average molecular weight is 253 g/mol. The Morgan fingerprint density at radius 1 is 1.35 bits per heavy atom. The van der Waals surface area contributed by atoms with Crippen LogP contribution in [0.25, 0.3) is 0 Å². The van der Waals surface area contributed by atoms with Gasteiger partial charge in [-0.05, 0) is 18.4 Å². The minimum Gasteiger partial charge on any atom is -0.384 e. The second-order valence-corrected chi connectivity index (χ2v) is 6.22. The first-order chi connectivity index (χ1) is 7.99. The van der Waals surface area contributed by atoms with Gasteiger partial charge in [-0.25, -0.2) is 13.1 Å². The molecule has 1 saturated carbocycles. The lowest BCUT2D eigenvalue weighted by Gasteiger charge is -2.06. The number of hydrogen-bond acceptors (Lipinski definition) is 3. The molecule has 92 valence electrons. The molecule has 0 heterocycles. The highest BCUT2D eigenvalue weighted by Gasteiger charge is 2.35. The molecule has 0 radical (unpaired) electrons. The maximum atomic E-state index is 11.6. The number of nitrogens with two attached hydrogens (primary N) is 1. The summed E-state index contributed by atoms with van der Waals surface area (Å²) in [5, 5.41) is 7.04. The van der Waals surface area contributed by atoms with E-state index in [0.29, 0.717) is 5.56 Å². The number of amidine groups is 1. The zero-order valence-electron chi connectivity index (χ0n) is 9.31. The second-order valence-electron chi connectivity index (χ2n) is 4.18. The summed E-state index contributed by atoms with van der Waals surface area (Å²) in [6, 6.07) is 6.96. The van der Waals surface area contributed by atoms with Crippen LogP contribution in [0.2, 0.25) is 0 Å². The van der Waals surface area contributed by atoms with Crippen molar-refractivity contribution in [3.63, 3.8) is 0 Å². The van der Waals surface area contributed by atoms with Crippen molar-refractivity contribution in [2.45, 2.75) is 24.6 Å². The van der Waals surface area contributed by atoms with Gasteiger partial charge in [-0.2, -0.15) is 0 Å². The largest absolute Gasteiger partial charge is 0.384 e. The van der Waals surface area contributed by atoms with Crippen molar-refractivity contribution in [3.05, 3.63) is 35.4 Å². The lowest BCUT2D eigenvalue weighted by molar-refractivity contribution is 0.580. The normalized spacial score (nSPS) is 15.8. The van der Waals surface area contributed by atoms with Gasteiger partial charge in [0.25, 0.3) is 0 Å². The van der Waals surface area contributed by atoms with E-state index in [4.69, 9.17) is 11.1 Å². The van der Waals surface area contributed by atoms with E-state index in [1.165, 1.54) is 0 Å². The van der Waals surface area contributed by atoms with Crippen LogP contribution in [-0.4, -0.2) is 19.5 Å². The quantitative estimate of drug-likeness (QED) is 0.528. The molecule has 2 rings (SSSR count). The molecule has 0 spiro atoms. The summed E-state index contributed by atoms with van der Waals surface area (Å²) in [4.78, 5) is 0. The van der Waals surface area contributed by atoms with Crippen molar-refractivity contribution in [3.8, 4) is 0 Å². The maximum absolute atomic E-state index is 11.6. The first kappa shape index (κ1) is 12.1. The Balaban J connectivity index is 1.97. The zero-order valence-corrected chi connectivity index (χ0v) is 10.1. The highest BCUT2D eigenvalue weighted by molar-refractivity contribution is 7.90. The first-order valence-electron chi connectivity index (χ1n) is 5.41. The molecule has 0 aromatic heterocycles. The number of sulfonamides is 1. The van der Waals surface area contributed by atoms with Gasteiger partial charge in [0.2, 0.25) is 10.0 Å². The van der Waals surface area contributed by atoms with Crippen molar-refractivity contribution >= 4 is 15.9 Å². The lowest BCUT2D eigenvalue weighted by Crippen LogP contribution is -2.26. The Hall–Kier alpha value is -1.40. The van der Waals surface area contributed by atoms with E-state index in [1.54, 1.807) is 24.3 Å². The van der Waals surface area contributed by atoms with Crippen LogP contribution in [0.5, 0.6) is 0 Å². The fraction of sp³-hybridized carbons (Fsp3) is 0.364. The summed E-state index contributed by atoms with van der Waals surface area (Å²) in [5.41, 5.74) is 6.82. The molecule has 0 atom stereocenters. The van der Waals surface area contributed by atoms with Gasteiger partial charge in [-0.3, -0.25) is 5.41 Å². The summed E-state index contributed by atoms with van der Waals surface area (Å²) in [7, 11) is -3.13. The van der Waals surface area contributed by atoms with Crippen molar-refractivity contribution in [2.75, 3.05) is 0 Å². The van der Waals surface area contributed by atoms with Crippen LogP contribution >= 0.6 is 0 Å². The van der Waals surface area contributed by atoms with Crippen LogP contribution in [0.1, 0.15) is 24.0 Å². The fourth-order valence-electron chi connectivity index (χ4n) is 1.48. The summed E-state index contributed by atoms with van der Waals surface area (Å²) in [5.74, 6) is 0.00936. The summed E-state index contributed by atoms with van der Waals surface area (Å²) >= 11 is 0. The van der Waals surface area contributed by atoms with Gasteiger partial charge < -0.3 is 5.73 Å². The maximum Gasteiger partial charge on any atom is 0.214 e. The van der Waals surface area contributed by atoms with E-state index in [2.05, 4.69) is 4.72 Å². The predicted molar refractivity (Wildman–Crippen MR) is 66.2 cm³/mol. The molecule has 0 unspecified atom stereocenters. The van der Waals surface area contributed by atoms with Gasteiger partial charge in [0, 0.05) is 12.1 Å². The third kappa shape index (κ3) is 3.04. The Morgan fingerprint density at radius 3 is 2.41 bits per heavy atom. The van der Waals surface area contributed by atoms with E-state index in [-0.39, 0.29) is 17.6 Å². The minimum atomic E-state index is -3.13. The first-order valence-corrected chi connectivity index (χ1v) is 6.95. The summed E-state index contributed by atoms with van der Waals surface area (Å²) in [6.45, 7) is 0.289. The topological polar surface area (TPSA) is 96.0 Å². The number of nitrogen functional groups attached to an aromatic ring is 1. The van der Waals surface area contributed by atoms with Gasteiger partial charge >= 0.3 is 0 Å². The van der Waals surface area contributed by atoms with Crippen LogP contribution < -0.4 is 10.5 Å². The van der Waals surface area contributed by atoms with Crippen molar-refractivity contribution in [1.82, 2.24) is 4.72 Å². The number of rotatable bonds is 5. The van der Waals surface area contributed by atoms with Gasteiger partial charge in [0.15, 0.2) is 0 Å². The van der Waals surface area contributed by atoms with Gasteiger partial charge in [-0.15, -0.1) is 0 Å². The van der Waals surface area contributed by atoms with Crippen LogP contribution in [-0.2, 0) is 16.6 Å². The van der Waals surface area contributed by atoms with Crippen molar-refractivity contribution < 1.29 is 8.42 Å². The van der Waals surface area contributed by atoms with Gasteiger partial charge in [0.05, 0.1) is 5.25 Å². The molecule has 1 aliphatic carbocycles. The molecule has 1 aliphatic rings. The molecule has 0 aliphatic heterocycles. The number of hydrogen-bond donors (Lipinski definition) is 3. The Bertz CT molecular complexity index is 518. The Labute approximate surface area is 101 Å². The van der Waals surface area contributed by atoms with Crippen molar-refractivity contribution in [1.29, 1.82) is 5.41 Å². The smallest absolute Gasteiger partial charge is 0.214 e. The molecule has 0 bridgehead atoms. The average Bonchev–Trinajstić information content (AvgIpc) is 3.11. The molecule has 1 fully saturated rings. The summed E-state index contributed by atoms with van der Waals surface area (Å²) in [6.07, 6.45) is 1.53. The molecular weight excluding hydrogens is 238 g/mol. The molecule has 0 amide bonds. The Kier molecular flexibility index (Phi) is 3.17. The third-order valence-corrected chi connectivity index (χ3v) is 4.60. The second kappa shape index (κ2) is 4.46. The SMILES string of the molecule is N=C(N)c1ccc(CNS(=O)(=O)C2CC2)cc1. The lowest BCUT2D eigenvalue weighted by atomic mass is 10.1. The van der Waals surface area contributed by atoms with Gasteiger partial charge in [-0.1, -0.05) is 24.3 Å². The molecule has 1 aromatic rings. The third-order valence-electron chi connectivity index (χ3n) is 2.71. The molecule has 17 heavy (non-hydrogen) atoms. The van der Waals surface area contributed by atoms with Crippen LogP contribution in [0.4, 0.5) is 0 Å². The number of nitrogens with one attached hydrogen (secondary N) is 2. The molecule has 4 N–H and O–H groups in total. The van der Waals surface area contributed by atoms with E-state index in [9.17, 15) is 8.42 Å². The number of benzene rings is 1. The minimum absolute atomic E-state index is 0.00936. The van der Waals surface area contributed by atoms with Crippen LogP contribution in [0.3, 0.4) is 0 Å². The predicted octanol–water partition coefficient (Wildman–Crippen LogP) is 0.552. The van der Waals surface area contributed by atoms with E-state index in [0.717, 1.165) is 18.4 Å². The highest BCUT2D eigenvalue weighted by atomic mass is 32.2. The molecule has 6 heteroatoms. The Morgan fingerprint density at radius 2 is 1.94 bits per heavy atom. The fourth-order valence-corrected chi connectivity index (χ4v) is 2.84.